The number of hydrogen-bond acceptors (Lipinski definition) is 6. The molecule has 1 aromatic rings. The number of ether oxygens (including phenoxy) is 2. The first-order chi connectivity index (χ1) is 13.5. The van der Waals surface area contributed by atoms with E-state index in [1.165, 1.54) is 20.0 Å². The molecule has 1 saturated heterocycles. The van der Waals surface area contributed by atoms with Gasteiger partial charge in [-0.25, -0.2) is 0 Å². The van der Waals surface area contributed by atoms with Crippen molar-refractivity contribution in [1.29, 1.82) is 0 Å². The average Bonchev–Trinajstić information content (AvgIpc) is 3.42. The number of esters is 1. The first kappa shape index (κ1) is 17.1. The van der Waals surface area contributed by atoms with Crippen molar-refractivity contribution in [3.05, 3.63) is 23.3 Å². The molecule has 150 valence electrons. The molecule has 0 aromatic heterocycles. The maximum atomic E-state index is 12.6. The van der Waals surface area contributed by atoms with Crippen LogP contribution in [0, 0.1) is 11.8 Å². The second-order valence-corrected chi connectivity index (χ2v) is 9.46. The molecule has 6 nitrogen and oxygen atoms in total. The zero-order chi connectivity index (χ0) is 19.3. The van der Waals surface area contributed by atoms with Crippen LogP contribution in [0.3, 0.4) is 0 Å². The highest BCUT2D eigenvalue weighted by Crippen LogP contribution is 2.66. The molecule has 2 saturated carbocycles. The molecule has 1 spiro atoms. The highest BCUT2D eigenvalue weighted by Gasteiger charge is 2.73. The topological polar surface area (TPSA) is 79.2 Å². The first-order valence-corrected chi connectivity index (χ1v) is 10.6. The molecular formula is C22H27NO5. The van der Waals surface area contributed by atoms with Crippen LogP contribution in [-0.4, -0.2) is 59.0 Å². The van der Waals surface area contributed by atoms with Gasteiger partial charge in [0.15, 0.2) is 11.5 Å². The number of methoxy groups -OCH3 is 1. The van der Waals surface area contributed by atoms with Crippen LogP contribution < -0.4 is 4.74 Å². The van der Waals surface area contributed by atoms with E-state index in [1.807, 2.05) is 6.07 Å². The van der Waals surface area contributed by atoms with Gasteiger partial charge in [-0.3, -0.25) is 9.69 Å². The third-order valence-corrected chi connectivity index (χ3v) is 8.27. The van der Waals surface area contributed by atoms with Gasteiger partial charge >= 0.3 is 5.97 Å². The quantitative estimate of drug-likeness (QED) is 0.772. The average molecular weight is 385 g/mol. The maximum absolute atomic E-state index is 12.6. The van der Waals surface area contributed by atoms with Gasteiger partial charge in [0.2, 0.25) is 0 Å². The zero-order valence-corrected chi connectivity index (χ0v) is 16.2. The van der Waals surface area contributed by atoms with E-state index in [1.54, 1.807) is 6.07 Å². The summed E-state index contributed by atoms with van der Waals surface area (Å²) in [6.45, 7) is 1.95. The van der Waals surface area contributed by atoms with Gasteiger partial charge in [-0.2, -0.15) is 0 Å². The van der Waals surface area contributed by atoms with E-state index < -0.39 is 23.0 Å². The van der Waals surface area contributed by atoms with Crippen molar-refractivity contribution < 1.29 is 24.5 Å². The number of rotatable bonds is 3. The monoisotopic (exact) mass is 385 g/mol. The summed E-state index contributed by atoms with van der Waals surface area (Å²) in [6.07, 6.45) is 4.72. The molecule has 1 aromatic carbocycles. The first-order valence-electron chi connectivity index (χ1n) is 10.6. The lowest BCUT2D eigenvalue weighted by molar-refractivity contribution is -0.203. The van der Waals surface area contributed by atoms with Crippen molar-refractivity contribution in [3.8, 4) is 11.5 Å². The normalized spacial score (nSPS) is 40.6. The molecular weight excluding hydrogens is 358 g/mol. The molecule has 0 radical (unpaired) electrons. The van der Waals surface area contributed by atoms with Gasteiger partial charge in [0.05, 0.1) is 24.0 Å². The standard InChI is InChI=1S/C22H27NO5/c1-27-20(25)14-6-7-22(26)16-10-13-4-5-15(24)18-17(13)21(22,19(14)28-18)8-9-23(16)11-12-2-3-12/h4-5,12,14,16,19,24,26H,2-3,6-11H2,1H3/t14?,16-,19+,21+,22-/m1/s1. The minimum atomic E-state index is -0.943. The van der Waals surface area contributed by atoms with Crippen molar-refractivity contribution in [2.45, 2.75) is 61.7 Å². The Morgan fingerprint density at radius 1 is 1.32 bits per heavy atom. The SMILES string of the molecule is COC(=O)C1CC[C@@]2(O)[C@H]3Cc4ccc(O)c5c4[C@@]2(CCN3CC2CC2)[C@H]1O5. The Labute approximate surface area is 164 Å². The fourth-order valence-electron chi connectivity index (χ4n) is 6.87. The van der Waals surface area contributed by atoms with Gasteiger partial charge < -0.3 is 19.7 Å². The summed E-state index contributed by atoms with van der Waals surface area (Å²) in [5, 5.41) is 22.7. The second kappa shape index (κ2) is 5.42. The van der Waals surface area contributed by atoms with Crippen LogP contribution in [0.4, 0.5) is 0 Å². The largest absolute Gasteiger partial charge is 0.504 e. The number of carbonyl (C=O) groups is 1. The van der Waals surface area contributed by atoms with Crippen LogP contribution in [-0.2, 0) is 21.4 Å². The van der Waals surface area contributed by atoms with Gasteiger partial charge in [0.1, 0.15) is 6.10 Å². The van der Waals surface area contributed by atoms with E-state index in [2.05, 4.69) is 4.90 Å². The summed E-state index contributed by atoms with van der Waals surface area (Å²) >= 11 is 0. The Balaban J connectivity index is 1.54. The van der Waals surface area contributed by atoms with Crippen molar-refractivity contribution in [3.63, 3.8) is 0 Å². The Morgan fingerprint density at radius 2 is 2.14 bits per heavy atom. The zero-order valence-electron chi connectivity index (χ0n) is 16.2. The number of phenols is 1. The van der Waals surface area contributed by atoms with Gasteiger partial charge in [-0.1, -0.05) is 6.07 Å². The maximum Gasteiger partial charge on any atom is 0.312 e. The Morgan fingerprint density at radius 3 is 2.89 bits per heavy atom. The molecule has 2 N–H and O–H groups in total. The summed E-state index contributed by atoms with van der Waals surface area (Å²) < 4.78 is 11.4. The summed E-state index contributed by atoms with van der Waals surface area (Å²) in [4.78, 5) is 15.1. The molecule has 28 heavy (non-hydrogen) atoms. The van der Waals surface area contributed by atoms with Gasteiger partial charge in [0, 0.05) is 18.2 Å². The molecule has 3 fully saturated rings. The number of aromatic hydroxyl groups is 1. The summed E-state index contributed by atoms with van der Waals surface area (Å²) in [5.41, 5.74) is 0.518. The van der Waals surface area contributed by atoms with Crippen molar-refractivity contribution in [2.75, 3.05) is 20.2 Å². The van der Waals surface area contributed by atoms with E-state index in [0.29, 0.717) is 18.6 Å². The van der Waals surface area contributed by atoms with Crippen molar-refractivity contribution >= 4 is 5.97 Å². The van der Waals surface area contributed by atoms with E-state index in [-0.39, 0.29) is 17.8 Å². The minimum Gasteiger partial charge on any atom is -0.504 e. The van der Waals surface area contributed by atoms with Crippen LogP contribution in [0.15, 0.2) is 12.1 Å². The highest BCUT2D eigenvalue weighted by molar-refractivity contribution is 5.75. The molecule has 1 unspecified atom stereocenters. The van der Waals surface area contributed by atoms with E-state index in [4.69, 9.17) is 9.47 Å². The third-order valence-electron chi connectivity index (χ3n) is 8.27. The smallest absolute Gasteiger partial charge is 0.312 e. The number of nitrogens with zero attached hydrogens (tertiary/aromatic N) is 1. The molecule has 6 rings (SSSR count). The molecule has 2 bridgehead atoms. The van der Waals surface area contributed by atoms with Crippen molar-refractivity contribution in [2.24, 2.45) is 11.8 Å². The number of hydrogen-bond donors (Lipinski definition) is 2. The minimum absolute atomic E-state index is 0.0366. The molecule has 5 aliphatic rings. The predicted molar refractivity (Wildman–Crippen MR) is 100 cm³/mol. The summed E-state index contributed by atoms with van der Waals surface area (Å²) in [5.74, 6) is 0.645. The van der Waals surface area contributed by atoms with Crippen LogP contribution in [0.25, 0.3) is 0 Å². The molecule has 2 aliphatic heterocycles. The predicted octanol–water partition coefficient (Wildman–Crippen LogP) is 1.75. The number of likely N-dealkylation sites (tertiary alicyclic amines) is 1. The summed E-state index contributed by atoms with van der Waals surface area (Å²) in [6, 6.07) is 3.71. The molecule has 6 heteroatoms. The lowest BCUT2D eigenvalue weighted by Gasteiger charge is -2.64. The highest BCUT2D eigenvalue weighted by atomic mass is 16.5. The Kier molecular flexibility index (Phi) is 3.31. The number of carbonyl (C=O) groups excluding carboxylic acids is 1. The Bertz CT molecular complexity index is 867. The van der Waals surface area contributed by atoms with Crippen LogP contribution in [0.2, 0.25) is 0 Å². The second-order valence-electron chi connectivity index (χ2n) is 9.46. The van der Waals surface area contributed by atoms with Crippen LogP contribution in [0.5, 0.6) is 11.5 Å². The fourth-order valence-corrected chi connectivity index (χ4v) is 6.87. The van der Waals surface area contributed by atoms with Gasteiger partial charge in [-0.05, 0) is 62.6 Å². The van der Waals surface area contributed by atoms with Crippen molar-refractivity contribution in [1.82, 2.24) is 4.90 Å². The lowest BCUT2D eigenvalue weighted by atomic mass is 9.47. The molecule has 2 heterocycles. The Hall–Kier alpha value is -1.79. The van der Waals surface area contributed by atoms with Gasteiger partial charge in [-0.15, -0.1) is 0 Å². The summed E-state index contributed by atoms with van der Waals surface area (Å²) in [7, 11) is 1.41. The lowest BCUT2D eigenvalue weighted by Crippen LogP contribution is -2.76. The number of phenolic OH excluding ortho intramolecular Hbond substituents is 1. The van der Waals surface area contributed by atoms with Crippen LogP contribution in [0.1, 0.15) is 43.2 Å². The number of benzene rings is 1. The van der Waals surface area contributed by atoms with Crippen LogP contribution >= 0.6 is 0 Å². The number of piperidine rings is 1. The molecule has 0 amide bonds. The van der Waals surface area contributed by atoms with E-state index >= 15 is 0 Å². The van der Waals surface area contributed by atoms with Gasteiger partial charge in [0.25, 0.3) is 0 Å². The van der Waals surface area contributed by atoms with E-state index in [0.717, 1.165) is 43.0 Å². The molecule has 3 aliphatic carbocycles. The number of aliphatic hydroxyl groups is 1. The third kappa shape index (κ3) is 1.88. The fraction of sp³-hybridized carbons (Fsp3) is 0.682. The molecule has 5 atom stereocenters. The van der Waals surface area contributed by atoms with E-state index in [9.17, 15) is 15.0 Å².